The molecule has 0 atom stereocenters. The maximum Gasteiger partial charge on any atom is 0.258 e. The van der Waals surface area contributed by atoms with Crippen molar-refractivity contribution in [3.63, 3.8) is 0 Å². The normalized spacial score (nSPS) is 15.3. The molecule has 1 aliphatic heterocycles. The molecule has 4 rings (SSSR count). The lowest BCUT2D eigenvalue weighted by Gasteiger charge is -2.16. The number of benzene rings is 2. The summed E-state index contributed by atoms with van der Waals surface area (Å²) in [6, 6.07) is 13.5. The number of amides is 2. The van der Waals surface area contributed by atoms with Crippen LogP contribution in [0, 0.1) is 0 Å². The molecule has 0 radical (unpaired) electrons. The first-order valence-electron chi connectivity index (χ1n) is 10.2. The van der Waals surface area contributed by atoms with Crippen LogP contribution < -0.4 is 19.7 Å². The molecule has 6 heteroatoms. The van der Waals surface area contributed by atoms with Crippen LogP contribution in [0.4, 0.5) is 5.69 Å². The van der Waals surface area contributed by atoms with Gasteiger partial charge < -0.3 is 19.7 Å². The van der Waals surface area contributed by atoms with Crippen molar-refractivity contribution in [2.24, 2.45) is 0 Å². The molecule has 2 aromatic carbocycles. The van der Waals surface area contributed by atoms with Crippen LogP contribution in [0.25, 0.3) is 0 Å². The van der Waals surface area contributed by atoms with Gasteiger partial charge in [-0.05, 0) is 73.2 Å². The fourth-order valence-electron chi connectivity index (χ4n) is 3.84. The molecule has 1 aliphatic carbocycles. The Morgan fingerprint density at radius 2 is 1.72 bits per heavy atom. The standard InChI is InChI=1S/C23H26N2O4/c26-22(24-12-14-28-21-9-6-17-3-1-4-18(17)15-21)16-29-20-10-7-19(8-11-20)25-13-2-5-23(25)27/h6-11,15H,1-5,12-14,16H2,(H,24,26). The number of carbonyl (C=O) groups is 2. The van der Waals surface area contributed by atoms with E-state index in [1.54, 1.807) is 17.0 Å². The van der Waals surface area contributed by atoms with Crippen LogP contribution in [-0.2, 0) is 22.4 Å². The van der Waals surface area contributed by atoms with Crippen LogP contribution in [0.1, 0.15) is 30.4 Å². The number of fused-ring (bicyclic) bond motifs is 1. The van der Waals surface area contributed by atoms with Gasteiger partial charge in [-0.3, -0.25) is 9.59 Å². The van der Waals surface area contributed by atoms with E-state index in [1.807, 2.05) is 18.2 Å². The Bertz CT molecular complexity index is 879. The SMILES string of the molecule is O=C(COc1ccc(N2CCCC2=O)cc1)NCCOc1ccc2c(c1)CCC2. The number of anilines is 1. The monoisotopic (exact) mass is 394 g/mol. The molecule has 2 aliphatic rings. The first-order valence-corrected chi connectivity index (χ1v) is 10.2. The highest BCUT2D eigenvalue weighted by Crippen LogP contribution is 2.26. The number of hydrogen-bond donors (Lipinski definition) is 1. The molecule has 6 nitrogen and oxygen atoms in total. The zero-order valence-corrected chi connectivity index (χ0v) is 16.5. The highest BCUT2D eigenvalue weighted by atomic mass is 16.5. The van der Waals surface area contributed by atoms with E-state index >= 15 is 0 Å². The summed E-state index contributed by atoms with van der Waals surface area (Å²) in [6.45, 7) is 1.55. The molecule has 29 heavy (non-hydrogen) atoms. The van der Waals surface area contributed by atoms with Crippen LogP contribution >= 0.6 is 0 Å². The predicted molar refractivity (Wildman–Crippen MR) is 110 cm³/mol. The van der Waals surface area contributed by atoms with Crippen molar-refractivity contribution >= 4 is 17.5 Å². The number of nitrogens with one attached hydrogen (secondary N) is 1. The number of aryl methyl sites for hydroxylation is 2. The maximum absolute atomic E-state index is 12.0. The molecule has 1 heterocycles. The quantitative estimate of drug-likeness (QED) is 0.699. The van der Waals surface area contributed by atoms with E-state index in [0.717, 1.165) is 37.2 Å². The summed E-state index contributed by atoms with van der Waals surface area (Å²) in [4.78, 5) is 25.5. The molecular weight excluding hydrogens is 368 g/mol. The van der Waals surface area contributed by atoms with Crippen molar-refractivity contribution in [1.82, 2.24) is 5.32 Å². The van der Waals surface area contributed by atoms with Crippen LogP contribution in [-0.4, -0.2) is 38.1 Å². The Kier molecular flexibility index (Phi) is 5.98. The smallest absolute Gasteiger partial charge is 0.258 e. The minimum Gasteiger partial charge on any atom is -0.492 e. The second-order valence-electron chi connectivity index (χ2n) is 7.41. The topological polar surface area (TPSA) is 67.9 Å². The van der Waals surface area contributed by atoms with Crippen LogP contribution in [0.15, 0.2) is 42.5 Å². The Morgan fingerprint density at radius 3 is 2.52 bits per heavy atom. The Hall–Kier alpha value is -3.02. The minimum atomic E-state index is -0.193. The summed E-state index contributed by atoms with van der Waals surface area (Å²) in [5, 5.41) is 2.80. The molecule has 0 saturated carbocycles. The van der Waals surface area contributed by atoms with Crippen molar-refractivity contribution in [2.75, 3.05) is 31.2 Å². The second kappa shape index (κ2) is 8.99. The van der Waals surface area contributed by atoms with E-state index in [-0.39, 0.29) is 18.4 Å². The first kappa shape index (κ1) is 19.3. The lowest BCUT2D eigenvalue weighted by atomic mass is 10.1. The third-order valence-electron chi connectivity index (χ3n) is 5.35. The molecule has 1 saturated heterocycles. The highest BCUT2D eigenvalue weighted by Gasteiger charge is 2.21. The van der Waals surface area contributed by atoms with Gasteiger partial charge in [0.25, 0.3) is 5.91 Å². The minimum absolute atomic E-state index is 0.0547. The average Bonchev–Trinajstić information content (AvgIpc) is 3.38. The van der Waals surface area contributed by atoms with E-state index < -0.39 is 0 Å². The van der Waals surface area contributed by atoms with Crippen molar-refractivity contribution in [1.29, 1.82) is 0 Å². The van der Waals surface area contributed by atoms with Crippen LogP contribution in [0.5, 0.6) is 11.5 Å². The van der Waals surface area contributed by atoms with Gasteiger partial charge in [0.1, 0.15) is 18.1 Å². The number of hydrogen-bond acceptors (Lipinski definition) is 4. The van der Waals surface area contributed by atoms with Gasteiger partial charge in [-0.25, -0.2) is 0 Å². The lowest BCUT2D eigenvalue weighted by molar-refractivity contribution is -0.123. The third kappa shape index (κ3) is 4.88. The highest BCUT2D eigenvalue weighted by molar-refractivity contribution is 5.95. The molecule has 0 spiro atoms. The molecule has 0 unspecified atom stereocenters. The molecule has 1 fully saturated rings. The second-order valence-corrected chi connectivity index (χ2v) is 7.41. The summed E-state index contributed by atoms with van der Waals surface area (Å²) in [5.41, 5.74) is 3.66. The van der Waals surface area contributed by atoms with Gasteiger partial charge in [0.2, 0.25) is 5.91 Å². The fourth-order valence-corrected chi connectivity index (χ4v) is 3.84. The molecule has 0 bridgehead atoms. The number of rotatable bonds is 8. The molecular formula is C23H26N2O4. The largest absolute Gasteiger partial charge is 0.492 e. The van der Waals surface area contributed by atoms with E-state index in [1.165, 1.54) is 17.5 Å². The molecule has 2 amide bonds. The van der Waals surface area contributed by atoms with Gasteiger partial charge in [-0.1, -0.05) is 6.07 Å². The molecule has 1 N–H and O–H groups in total. The summed E-state index contributed by atoms with van der Waals surface area (Å²) in [6.07, 6.45) is 5.00. The summed E-state index contributed by atoms with van der Waals surface area (Å²) < 4.78 is 11.2. The zero-order valence-electron chi connectivity index (χ0n) is 16.5. The van der Waals surface area contributed by atoms with Gasteiger partial charge in [0.15, 0.2) is 6.61 Å². The zero-order chi connectivity index (χ0) is 20.1. The summed E-state index contributed by atoms with van der Waals surface area (Å²) >= 11 is 0. The van der Waals surface area contributed by atoms with Crippen molar-refractivity contribution < 1.29 is 19.1 Å². The van der Waals surface area contributed by atoms with Crippen LogP contribution in [0.3, 0.4) is 0 Å². The van der Waals surface area contributed by atoms with Gasteiger partial charge in [-0.2, -0.15) is 0 Å². The summed E-state index contributed by atoms with van der Waals surface area (Å²) in [5.74, 6) is 1.42. The maximum atomic E-state index is 12.0. The van der Waals surface area contributed by atoms with E-state index in [9.17, 15) is 9.59 Å². The van der Waals surface area contributed by atoms with Crippen LogP contribution in [0.2, 0.25) is 0 Å². The fraction of sp³-hybridized carbons (Fsp3) is 0.391. The van der Waals surface area contributed by atoms with E-state index in [4.69, 9.17) is 9.47 Å². The lowest BCUT2D eigenvalue weighted by Crippen LogP contribution is -2.32. The number of ether oxygens (including phenoxy) is 2. The van der Waals surface area contributed by atoms with Crippen molar-refractivity contribution in [2.45, 2.75) is 32.1 Å². The van der Waals surface area contributed by atoms with Gasteiger partial charge in [0, 0.05) is 18.7 Å². The molecule has 2 aromatic rings. The number of carbonyl (C=O) groups excluding carboxylic acids is 2. The van der Waals surface area contributed by atoms with Gasteiger partial charge >= 0.3 is 0 Å². The van der Waals surface area contributed by atoms with Gasteiger partial charge in [0.05, 0.1) is 6.54 Å². The summed E-state index contributed by atoms with van der Waals surface area (Å²) in [7, 11) is 0. The predicted octanol–water partition coefficient (Wildman–Crippen LogP) is 2.88. The van der Waals surface area contributed by atoms with Crippen molar-refractivity contribution in [3.8, 4) is 11.5 Å². The Morgan fingerprint density at radius 1 is 0.931 bits per heavy atom. The Balaban J connectivity index is 1.15. The number of nitrogens with zero attached hydrogens (tertiary/aromatic N) is 1. The third-order valence-corrected chi connectivity index (χ3v) is 5.35. The van der Waals surface area contributed by atoms with E-state index in [2.05, 4.69) is 17.4 Å². The molecule has 152 valence electrons. The van der Waals surface area contributed by atoms with Gasteiger partial charge in [-0.15, -0.1) is 0 Å². The average molecular weight is 394 g/mol. The Labute approximate surface area is 170 Å². The molecule has 0 aromatic heterocycles. The van der Waals surface area contributed by atoms with Crippen molar-refractivity contribution in [3.05, 3.63) is 53.6 Å². The first-order chi connectivity index (χ1) is 14.2. The van der Waals surface area contributed by atoms with E-state index in [0.29, 0.717) is 25.3 Å².